The van der Waals surface area contributed by atoms with Crippen LogP contribution in [0.25, 0.3) is 11.3 Å². The van der Waals surface area contributed by atoms with Crippen LogP contribution in [0.15, 0.2) is 36.4 Å². The topological polar surface area (TPSA) is 39.9 Å². The predicted octanol–water partition coefficient (Wildman–Crippen LogP) is 3.34. The van der Waals surface area contributed by atoms with Crippen LogP contribution >= 0.6 is 11.6 Å². The van der Waals surface area contributed by atoms with Gasteiger partial charge in [-0.15, -0.1) is 0 Å². The van der Waals surface area contributed by atoms with Crippen molar-refractivity contribution in [2.45, 2.75) is 0 Å². The lowest BCUT2D eigenvalue weighted by molar-refractivity contribution is 1.06. The van der Waals surface area contributed by atoms with Crippen molar-refractivity contribution in [3.05, 3.63) is 47.0 Å². The molecule has 0 saturated carbocycles. The van der Waals surface area contributed by atoms with Crippen molar-refractivity contribution in [2.24, 2.45) is 0 Å². The largest absolute Gasteiger partial charge is 0.362 e. The molecule has 0 aliphatic carbocycles. The molecular formula is C14H12ClN3. The molecule has 0 spiro atoms. The molecule has 18 heavy (non-hydrogen) atoms. The maximum atomic E-state index is 9.03. The molecule has 0 N–H and O–H groups in total. The summed E-state index contributed by atoms with van der Waals surface area (Å²) in [5.41, 5.74) is 2.37. The molecule has 0 aliphatic heterocycles. The molecule has 0 unspecified atom stereocenters. The van der Waals surface area contributed by atoms with Gasteiger partial charge in [-0.1, -0.05) is 23.7 Å². The molecule has 1 heterocycles. The third-order valence-corrected chi connectivity index (χ3v) is 2.81. The Bertz CT molecular complexity index is 597. The van der Waals surface area contributed by atoms with E-state index in [-0.39, 0.29) is 0 Å². The van der Waals surface area contributed by atoms with Gasteiger partial charge in [0.2, 0.25) is 0 Å². The maximum absolute atomic E-state index is 9.03. The van der Waals surface area contributed by atoms with Crippen molar-refractivity contribution >= 4 is 17.4 Å². The third kappa shape index (κ3) is 2.44. The molecule has 0 fully saturated rings. The zero-order valence-electron chi connectivity index (χ0n) is 10.2. The lowest BCUT2D eigenvalue weighted by Crippen LogP contribution is -2.12. The van der Waals surface area contributed by atoms with Gasteiger partial charge in [0, 0.05) is 24.7 Å². The summed E-state index contributed by atoms with van der Waals surface area (Å²) in [6, 6.07) is 13.2. The third-order valence-electron chi connectivity index (χ3n) is 2.56. The van der Waals surface area contributed by atoms with Crippen molar-refractivity contribution in [2.75, 3.05) is 19.0 Å². The van der Waals surface area contributed by atoms with E-state index >= 15 is 0 Å². The lowest BCUT2D eigenvalue weighted by atomic mass is 10.1. The molecular weight excluding hydrogens is 246 g/mol. The molecule has 2 aromatic rings. The lowest BCUT2D eigenvalue weighted by Gasteiger charge is -2.14. The van der Waals surface area contributed by atoms with Crippen LogP contribution in [-0.2, 0) is 0 Å². The molecule has 2 rings (SSSR count). The first-order chi connectivity index (χ1) is 8.61. The minimum Gasteiger partial charge on any atom is -0.362 e. The fourth-order valence-electron chi connectivity index (χ4n) is 1.66. The van der Waals surface area contributed by atoms with Crippen LogP contribution in [-0.4, -0.2) is 19.1 Å². The Kier molecular flexibility index (Phi) is 3.50. The van der Waals surface area contributed by atoms with Gasteiger partial charge in [-0.3, -0.25) is 0 Å². The second-order valence-electron chi connectivity index (χ2n) is 4.08. The molecule has 1 aromatic heterocycles. The first kappa shape index (κ1) is 12.4. The SMILES string of the molecule is CN(C)c1nc(-c2ccc(Cl)cc2)ccc1C#N. The molecule has 90 valence electrons. The number of rotatable bonds is 2. The number of benzene rings is 1. The second kappa shape index (κ2) is 5.07. The molecule has 0 aliphatic rings. The zero-order valence-corrected chi connectivity index (χ0v) is 10.9. The summed E-state index contributed by atoms with van der Waals surface area (Å²) in [7, 11) is 3.74. The number of nitrogens with zero attached hydrogens (tertiary/aromatic N) is 3. The Morgan fingerprint density at radius 1 is 1.11 bits per heavy atom. The Hall–Kier alpha value is -2.05. The summed E-state index contributed by atoms with van der Waals surface area (Å²) >= 11 is 5.86. The number of aromatic nitrogens is 1. The van der Waals surface area contributed by atoms with Crippen molar-refractivity contribution in [1.82, 2.24) is 4.98 Å². The number of nitriles is 1. The highest BCUT2D eigenvalue weighted by Gasteiger charge is 2.08. The fourth-order valence-corrected chi connectivity index (χ4v) is 1.78. The summed E-state index contributed by atoms with van der Waals surface area (Å²) in [6.45, 7) is 0. The number of pyridine rings is 1. The average molecular weight is 258 g/mol. The van der Waals surface area contributed by atoms with E-state index in [4.69, 9.17) is 16.9 Å². The Balaban J connectivity index is 2.50. The molecule has 0 bridgehead atoms. The second-order valence-corrected chi connectivity index (χ2v) is 4.52. The smallest absolute Gasteiger partial charge is 0.146 e. The van der Waals surface area contributed by atoms with E-state index in [1.807, 2.05) is 49.3 Å². The summed E-state index contributed by atoms with van der Waals surface area (Å²) in [4.78, 5) is 6.33. The van der Waals surface area contributed by atoms with Crippen molar-refractivity contribution in [1.29, 1.82) is 5.26 Å². The van der Waals surface area contributed by atoms with Crippen molar-refractivity contribution < 1.29 is 0 Å². The van der Waals surface area contributed by atoms with Crippen molar-refractivity contribution in [3.63, 3.8) is 0 Å². The van der Waals surface area contributed by atoms with E-state index in [2.05, 4.69) is 11.1 Å². The first-order valence-corrected chi connectivity index (χ1v) is 5.84. The fraction of sp³-hybridized carbons (Fsp3) is 0.143. The van der Waals surface area contributed by atoms with Crippen molar-refractivity contribution in [3.8, 4) is 17.3 Å². The standard InChI is InChI=1S/C14H12ClN3/c1-18(2)14-11(9-16)5-8-13(17-14)10-3-6-12(15)7-4-10/h3-8H,1-2H3. The van der Waals surface area contributed by atoms with Gasteiger partial charge in [0.1, 0.15) is 11.9 Å². The number of anilines is 1. The normalized spacial score (nSPS) is 9.89. The Morgan fingerprint density at radius 3 is 2.33 bits per heavy atom. The van der Waals surface area contributed by atoms with Gasteiger partial charge in [-0.25, -0.2) is 4.98 Å². The molecule has 3 nitrogen and oxygen atoms in total. The highest BCUT2D eigenvalue weighted by atomic mass is 35.5. The van der Waals surface area contributed by atoms with E-state index in [0.717, 1.165) is 11.3 Å². The quantitative estimate of drug-likeness (QED) is 0.828. The molecule has 0 atom stereocenters. The van der Waals surface area contributed by atoms with Gasteiger partial charge >= 0.3 is 0 Å². The summed E-state index contributed by atoms with van der Waals surface area (Å²) < 4.78 is 0. The van der Waals surface area contributed by atoms with Crippen LogP contribution in [0.4, 0.5) is 5.82 Å². The highest BCUT2D eigenvalue weighted by molar-refractivity contribution is 6.30. The number of hydrogen-bond donors (Lipinski definition) is 0. The minimum atomic E-state index is 0.567. The van der Waals surface area contributed by atoms with E-state index in [0.29, 0.717) is 16.4 Å². The molecule has 4 heteroatoms. The van der Waals surface area contributed by atoms with Crippen LogP contribution in [0.1, 0.15) is 5.56 Å². The molecule has 0 saturated heterocycles. The molecule has 0 amide bonds. The minimum absolute atomic E-state index is 0.567. The van der Waals surface area contributed by atoms with E-state index in [1.54, 1.807) is 6.07 Å². The van der Waals surface area contributed by atoms with E-state index in [9.17, 15) is 0 Å². The van der Waals surface area contributed by atoms with Gasteiger partial charge in [0.25, 0.3) is 0 Å². The highest BCUT2D eigenvalue weighted by Crippen LogP contribution is 2.24. The van der Waals surface area contributed by atoms with Gasteiger partial charge < -0.3 is 4.90 Å². The first-order valence-electron chi connectivity index (χ1n) is 5.46. The van der Waals surface area contributed by atoms with E-state index in [1.165, 1.54) is 0 Å². The summed E-state index contributed by atoms with van der Waals surface area (Å²) in [6.07, 6.45) is 0. The van der Waals surface area contributed by atoms with Crippen LogP contribution in [0.5, 0.6) is 0 Å². The van der Waals surface area contributed by atoms with Gasteiger partial charge in [0.05, 0.1) is 11.3 Å². The monoisotopic (exact) mass is 257 g/mol. The van der Waals surface area contributed by atoms with Crippen LogP contribution in [0, 0.1) is 11.3 Å². The maximum Gasteiger partial charge on any atom is 0.146 e. The predicted molar refractivity (Wildman–Crippen MR) is 73.7 cm³/mol. The number of hydrogen-bond acceptors (Lipinski definition) is 3. The van der Waals surface area contributed by atoms with Gasteiger partial charge in [-0.05, 0) is 24.3 Å². The van der Waals surface area contributed by atoms with Gasteiger partial charge in [0.15, 0.2) is 0 Å². The Labute approximate surface area is 111 Å². The molecule has 1 aromatic carbocycles. The van der Waals surface area contributed by atoms with Crippen LogP contribution in [0.3, 0.4) is 0 Å². The van der Waals surface area contributed by atoms with Crippen LogP contribution in [0.2, 0.25) is 5.02 Å². The molecule has 0 radical (unpaired) electrons. The summed E-state index contributed by atoms with van der Waals surface area (Å²) in [5.74, 6) is 0.671. The zero-order chi connectivity index (χ0) is 13.1. The van der Waals surface area contributed by atoms with Gasteiger partial charge in [-0.2, -0.15) is 5.26 Å². The number of halogens is 1. The average Bonchev–Trinajstić information content (AvgIpc) is 2.39. The van der Waals surface area contributed by atoms with E-state index < -0.39 is 0 Å². The Morgan fingerprint density at radius 2 is 1.78 bits per heavy atom. The summed E-state index contributed by atoms with van der Waals surface area (Å²) in [5, 5.41) is 9.73. The van der Waals surface area contributed by atoms with Crippen LogP contribution < -0.4 is 4.90 Å².